The van der Waals surface area contributed by atoms with Crippen LogP contribution in [0.5, 0.6) is 11.5 Å². The van der Waals surface area contributed by atoms with E-state index >= 15 is 0 Å². The molecule has 1 amide bonds. The molecule has 1 aromatic heterocycles. The molecular formula is C18H21N3O4. The van der Waals surface area contributed by atoms with Crippen LogP contribution in [0.1, 0.15) is 24.4 Å². The number of methoxy groups -OCH3 is 2. The Morgan fingerprint density at radius 3 is 2.88 bits per heavy atom. The third-order valence-electron chi connectivity index (χ3n) is 4.46. The standard InChI is InChI=1S/C18H21N3O4/c1-24-13-6-7-14(16(11-13)25-2)15-5-3-10-21(15)17(22)12-20-9-4-8-19-18(20)23/h4,6-9,11,15H,3,5,10,12H2,1-2H3/t15-/m0/s1. The zero-order valence-electron chi connectivity index (χ0n) is 14.3. The topological polar surface area (TPSA) is 73.7 Å². The minimum absolute atomic E-state index is 0.0123. The summed E-state index contributed by atoms with van der Waals surface area (Å²) in [6.07, 6.45) is 4.76. The number of ether oxygens (including phenoxy) is 2. The minimum Gasteiger partial charge on any atom is -0.497 e. The summed E-state index contributed by atoms with van der Waals surface area (Å²) < 4.78 is 12.0. The number of likely N-dealkylation sites (tertiary alicyclic amines) is 1. The summed E-state index contributed by atoms with van der Waals surface area (Å²) in [5.41, 5.74) is 0.529. The number of amides is 1. The van der Waals surface area contributed by atoms with Crippen LogP contribution in [0.15, 0.2) is 41.5 Å². The molecule has 7 heteroatoms. The van der Waals surface area contributed by atoms with Gasteiger partial charge in [0.1, 0.15) is 18.0 Å². The summed E-state index contributed by atoms with van der Waals surface area (Å²) in [4.78, 5) is 30.0. The molecule has 2 heterocycles. The highest BCUT2D eigenvalue weighted by Crippen LogP contribution is 2.38. The van der Waals surface area contributed by atoms with E-state index < -0.39 is 5.69 Å². The number of hydrogen-bond donors (Lipinski definition) is 0. The van der Waals surface area contributed by atoms with Crippen molar-refractivity contribution in [2.75, 3.05) is 20.8 Å². The Kier molecular flexibility index (Phi) is 5.02. The van der Waals surface area contributed by atoms with Gasteiger partial charge in [0.2, 0.25) is 5.91 Å². The van der Waals surface area contributed by atoms with Crippen LogP contribution >= 0.6 is 0 Å². The van der Waals surface area contributed by atoms with Crippen LogP contribution in [0, 0.1) is 0 Å². The summed E-state index contributed by atoms with van der Waals surface area (Å²) in [7, 11) is 3.21. The first-order chi connectivity index (χ1) is 12.1. The van der Waals surface area contributed by atoms with Gasteiger partial charge in [-0.3, -0.25) is 9.36 Å². The number of aromatic nitrogens is 2. The molecule has 7 nitrogen and oxygen atoms in total. The molecule has 1 aliphatic rings. The van der Waals surface area contributed by atoms with Gasteiger partial charge in [-0.2, -0.15) is 0 Å². The second kappa shape index (κ2) is 7.38. The van der Waals surface area contributed by atoms with Gasteiger partial charge >= 0.3 is 5.69 Å². The molecule has 0 N–H and O–H groups in total. The molecule has 132 valence electrons. The summed E-state index contributed by atoms with van der Waals surface area (Å²) in [5.74, 6) is 1.30. The molecule has 1 atom stereocenters. The van der Waals surface area contributed by atoms with E-state index in [0.717, 1.165) is 18.4 Å². The summed E-state index contributed by atoms with van der Waals surface area (Å²) in [5, 5.41) is 0. The normalized spacial score (nSPS) is 16.7. The molecule has 1 aromatic carbocycles. The largest absolute Gasteiger partial charge is 0.497 e. The lowest BCUT2D eigenvalue weighted by molar-refractivity contribution is -0.132. The predicted octanol–water partition coefficient (Wildman–Crippen LogP) is 1.62. The van der Waals surface area contributed by atoms with Crippen molar-refractivity contribution in [1.29, 1.82) is 0 Å². The average molecular weight is 343 g/mol. The Bertz CT molecular complexity index is 818. The Morgan fingerprint density at radius 1 is 1.32 bits per heavy atom. The van der Waals surface area contributed by atoms with Crippen LogP contribution < -0.4 is 15.2 Å². The number of hydrogen-bond acceptors (Lipinski definition) is 5. The quantitative estimate of drug-likeness (QED) is 0.825. The zero-order valence-corrected chi connectivity index (χ0v) is 14.3. The minimum atomic E-state index is -0.423. The Morgan fingerprint density at radius 2 is 2.16 bits per heavy atom. The van der Waals surface area contributed by atoms with E-state index in [4.69, 9.17) is 9.47 Å². The summed E-state index contributed by atoms with van der Waals surface area (Å²) in [6.45, 7) is 0.648. The number of nitrogens with zero attached hydrogens (tertiary/aromatic N) is 3. The van der Waals surface area contributed by atoms with Crippen molar-refractivity contribution in [2.45, 2.75) is 25.4 Å². The van der Waals surface area contributed by atoms with E-state index in [2.05, 4.69) is 4.98 Å². The van der Waals surface area contributed by atoms with Crippen LogP contribution in [-0.4, -0.2) is 41.1 Å². The van der Waals surface area contributed by atoms with Gasteiger partial charge in [0.05, 0.1) is 20.3 Å². The van der Waals surface area contributed by atoms with E-state index in [-0.39, 0.29) is 18.5 Å². The van der Waals surface area contributed by atoms with Gasteiger partial charge in [0, 0.05) is 30.6 Å². The van der Waals surface area contributed by atoms with Gasteiger partial charge in [0.25, 0.3) is 0 Å². The fourth-order valence-electron chi connectivity index (χ4n) is 3.23. The lowest BCUT2D eigenvalue weighted by Crippen LogP contribution is -2.36. The Hall–Kier alpha value is -2.83. The number of benzene rings is 1. The first-order valence-corrected chi connectivity index (χ1v) is 8.17. The number of carbonyl (C=O) groups excluding carboxylic acids is 1. The van der Waals surface area contributed by atoms with E-state index in [9.17, 15) is 9.59 Å². The highest BCUT2D eigenvalue weighted by atomic mass is 16.5. The summed E-state index contributed by atoms with van der Waals surface area (Å²) >= 11 is 0. The zero-order chi connectivity index (χ0) is 17.8. The van der Waals surface area contributed by atoms with Crippen LogP contribution in [0.3, 0.4) is 0 Å². The Balaban J connectivity index is 1.84. The first kappa shape index (κ1) is 17.0. The fraction of sp³-hybridized carbons (Fsp3) is 0.389. The molecule has 1 fully saturated rings. The highest BCUT2D eigenvalue weighted by molar-refractivity contribution is 5.77. The average Bonchev–Trinajstić information content (AvgIpc) is 3.12. The molecule has 0 unspecified atom stereocenters. The van der Waals surface area contributed by atoms with Gasteiger partial charge in [0.15, 0.2) is 0 Å². The third kappa shape index (κ3) is 3.50. The molecule has 0 saturated carbocycles. The van der Waals surface area contributed by atoms with E-state index in [0.29, 0.717) is 18.0 Å². The molecule has 2 aromatic rings. The SMILES string of the molecule is COc1ccc([C@@H]2CCCN2C(=O)Cn2cccnc2=O)c(OC)c1. The maximum atomic E-state index is 12.7. The molecule has 0 bridgehead atoms. The van der Waals surface area contributed by atoms with E-state index in [1.54, 1.807) is 26.5 Å². The van der Waals surface area contributed by atoms with Crippen LogP contribution in [0.2, 0.25) is 0 Å². The second-order valence-corrected chi connectivity index (χ2v) is 5.88. The number of carbonyl (C=O) groups is 1. The third-order valence-corrected chi connectivity index (χ3v) is 4.46. The Labute approximate surface area is 145 Å². The van der Waals surface area contributed by atoms with Crippen molar-refractivity contribution in [2.24, 2.45) is 0 Å². The van der Waals surface area contributed by atoms with Crippen LogP contribution in [-0.2, 0) is 11.3 Å². The van der Waals surface area contributed by atoms with Crippen molar-refractivity contribution < 1.29 is 14.3 Å². The molecule has 0 spiro atoms. The van der Waals surface area contributed by atoms with E-state index in [1.807, 2.05) is 23.1 Å². The number of rotatable bonds is 5. The highest BCUT2D eigenvalue weighted by Gasteiger charge is 2.32. The van der Waals surface area contributed by atoms with Crippen molar-refractivity contribution in [3.8, 4) is 11.5 Å². The van der Waals surface area contributed by atoms with Gasteiger partial charge in [-0.1, -0.05) is 0 Å². The lowest BCUT2D eigenvalue weighted by atomic mass is 10.0. The molecule has 0 aliphatic carbocycles. The molecule has 0 radical (unpaired) electrons. The maximum Gasteiger partial charge on any atom is 0.347 e. The predicted molar refractivity (Wildman–Crippen MR) is 91.7 cm³/mol. The summed E-state index contributed by atoms with van der Waals surface area (Å²) in [6, 6.07) is 7.19. The first-order valence-electron chi connectivity index (χ1n) is 8.17. The fourth-order valence-corrected chi connectivity index (χ4v) is 3.23. The van der Waals surface area contributed by atoms with Gasteiger partial charge in [-0.05, 0) is 31.0 Å². The lowest BCUT2D eigenvalue weighted by Gasteiger charge is -2.26. The molecule has 1 saturated heterocycles. The van der Waals surface area contributed by atoms with Crippen molar-refractivity contribution in [1.82, 2.24) is 14.5 Å². The van der Waals surface area contributed by atoms with Gasteiger partial charge in [-0.25, -0.2) is 9.78 Å². The maximum absolute atomic E-state index is 12.7. The smallest absolute Gasteiger partial charge is 0.347 e. The monoisotopic (exact) mass is 343 g/mol. The van der Waals surface area contributed by atoms with Gasteiger partial charge < -0.3 is 14.4 Å². The van der Waals surface area contributed by atoms with Gasteiger partial charge in [-0.15, -0.1) is 0 Å². The van der Waals surface area contributed by atoms with E-state index in [1.165, 1.54) is 10.8 Å². The van der Waals surface area contributed by atoms with Crippen LogP contribution in [0.25, 0.3) is 0 Å². The molecular weight excluding hydrogens is 322 g/mol. The second-order valence-electron chi connectivity index (χ2n) is 5.88. The van der Waals surface area contributed by atoms with Crippen LogP contribution in [0.4, 0.5) is 0 Å². The molecule has 1 aliphatic heterocycles. The molecule has 3 rings (SSSR count). The van der Waals surface area contributed by atoms with Crippen molar-refractivity contribution in [3.05, 3.63) is 52.7 Å². The van der Waals surface area contributed by atoms with Crippen molar-refractivity contribution in [3.63, 3.8) is 0 Å². The molecule has 25 heavy (non-hydrogen) atoms. The van der Waals surface area contributed by atoms with Crippen molar-refractivity contribution >= 4 is 5.91 Å².